The van der Waals surface area contributed by atoms with E-state index < -0.39 is 22.9 Å². The average molecular weight is 577 g/mol. The fourth-order valence-electron chi connectivity index (χ4n) is 4.71. The van der Waals surface area contributed by atoms with Gasteiger partial charge in [-0.1, -0.05) is 36.4 Å². The first-order valence-electron chi connectivity index (χ1n) is 12.7. The van der Waals surface area contributed by atoms with Crippen LogP contribution in [0.15, 0.2) is 77.7 Å². The molecule has 0 unspecified atom stereocenters. The first-order chi connectivity index (χ1) is 19.6. The molecule has 2 heterocycles. The highest BCUT2D eigenvalue weighted by atomic mass is 32.2. The van der Waals surface area contributed by atoms with Crippen LogP contribution in [0.25, 0.3) is 6.08 Å². The normalized spacial score (nSPS) is 16.8. The number of hydrogen-bond donors (Lipinski definition) is 0. The zero-order chi connectivity index (χ0) is 29.1. The number of para-hydroxylation sites is 1. The van der Waals surface area contributed by atoms with Gasteiger partial charge < -0.3 is 9.80 Å². The molecule has 0 spiro atoms. The number of carbonyl (C=O) groups excluding carboxylic acids is 3. The van der Waals surface area contributed by atoms with Crippen molar-refractivity contribution in [2.45, 2.75) is 12.7 Å². The maximum absolute atomic E-state index is 13.2. The molecule has 0 N–H and O–H groups in total. The van der Waals surface area contributed by atoms with Crippen LogP contribution >= 0.6 is 11.8 Å². The van der Waals surface area contributed by atoms with Crippen molar-refractivity contribution in [1.82, 2.24) is 9.80 Å². The van der Waals surface area contributed by atoms with Gasteiger partial charge in [-0.25, -0.2) is 0 Å². The van der Waals surface area contributed by atoms with Gasteiger partial charge in [-0.15, -0.1) is 0 Å². The average Bonchev–Trinajstić information content (AvgIpc) is 3.24. The number of hydrogen-bond acceptors (Lipinski definition) is 6. The molecule has 41 heavy (non-hydrogen) atoms. The minimum atomic E-state index is -4.47. The fraction of sp³-hybridized carbons (Fsp3) is 0.200. The molecule has 2 fully saturated rings. The number of amides is 3. The van der Waals surface area contributed by atoms with Crippen molar-refractivity contribution >= 4 is 40.6 Å². The van der Waals surface area contributed by atoms with Crippen LogP contribution in [0.3, 0.4) is 0 Å². The third-order valence-electron chi connectivity index (χ3n) is 6.86. The highest BCUT2D eigenvalue weighted by Gasteiger charge is 2.35. The molecular weight excluding hydrogens is 553 g/mol. The molecule has 5 rings (SSSR count). The van der Waals surface area contributed by atoms with Crippen LogP contribution in [0.2, 0.25) is 0 Å². The van der Waals surface area contributed by atoms with E-state index in [4.69, 9.17) is 0 Å². The Kier molecular flexibility index (Phi) is 7.85. The van der Waals surface area contributed by atoms with Gasteiger partial charge in [-0.05, 0) is 65.4 Å². The number of benzene rings is 3. The molecule has 3 aromatic rings. The molecule has 2 aliphatic heterocycles. The van der Waals surface area contributed by atoms with Crippen molar-refractivity contribution in [2.24, 2.45) is 0 Å². The third kappa shape index (κ3) is 6.12. The Bertz CT molecular complexity index is 1570. The van der Waals surface area contributed by atoms with Crippen molar-refractivity contribution in [2.75, 3.05) is 31.1 Å². The highest BCUT2D eigenvalue weighted by molar-refractivity contribution is 8.18. The number of nitriles is 1. The van der Waals surface area contributed by atoms with Gasteiger partial charge in [0.15, 0.2) is 0 Å². The number of thioether (sulfide) groups is 1. The number of alkyl halides is 3. The van der Waals surface area contributed by atoms with E-state index in [-0.39, 0.29) is 17.4 Å². The Morgan fingerprint density at radius 1 is 0.951 bits per heavy atom. The molecule has 3 aromatic carbocycles. The van der Waals surface area contributed by atoms with Gasteiger partial charge in [0.2, 0.25) is 0 Å². The number of carbonyl (C=O) groups is 3. The standard InChI is InChI=1S/C30H23F3N4O3S/c31-30(32,33)24-10-8-20(9-11-24)19-37-28(39)26(41-29(37)40)17-21-4-3-6-22(16-21)27(38)36-14-12-35(13-15-36)25-7-2-1-5-23(25)18-34/h1-11,16-17H,12-15,19H2/b26-17-. The van der Waals surface area contributed by atoms with Crippen molar-refractivity contribution in [3.05, 3.63) is 106 Å². The molecule has 0 saturated carbocycles. The van der Waals surface area contributed by atoms with Gasteiger partial charge in [0.1, 0.15) is 6.07 Å². The second-order valence-electron chi connectivity index (χ2n) is 9.50. The van der Waals surface area contributed by atoms with Gasteiger partial charge in [0.05, 0.1) is 28.3 Å². The molecular formula is C30H23F3N4O3S. The highest BCUT2D eigenvalue weighted by Crippen LogP contribution is 2.34. The molecule has 2 aliphatic rings. The summed E-state index contributed by atoms with van der Waals surface area (Å²) in [6.45, 7) is 1.97. The summed E-state index contributed by atoms with van der Waals surface area (Å²) < 4.78 is 38.5. The summed E-state index contributed by atoms with van der Waals surface area (Å²) in [4.78, 5) is 43.7. The van der Waals surface area contributed by atoms with Crippen LogP contribution in [0.1, 0.15) is 32.6 Å². The van der Waals surface area contributed by atoms with E-state index in [9.17, 15) is 32.8 Å². The topological polar surface area (TPSA) is 84.7 Å². The van der Waals surface area contributed by atoms with E-state index in [2.05, 4.69) is 11.0 Å². The first kappa shape index (κ1) is 28.0. The number of piperazine rings is 1. The maximum atomic E-state index is 13.2. The Labute approximate surface area is 238 Å². The lowest BCUT2D eigenvalue weighted by molar-refractivity contribution is -0.137. The number of halogens is 3. The Morgan fingerprint density at radius 2 is 1.66 bits per heavy atom. The number of imide groups is 1. The molecule has 3 amide bonds. The minimum absolute atomic E-state index is 0.149. The Balaban J connectivity index is 1.24. The summed E-state index contributed by atoms with van der Waals surface area (Å²) >= 11 is 0.741. The smallest absolute Gasteiger partial charge is 0.367 e. The van der Waals surface area contributed by atoms with Crippen LogP contribution in [0.5, 0.6) is 0 Å². The van der Waals surface area contributed by atoms with Crippen molar-refractivity contribution in [3.8, 4) is 6.07 Å². The second-order valence-corrected chi connectivity index (χ2v) is 10.5. The monoisotopic (exact) mass is 576 g/mol. The molecule has 0 aliphatic carbocycles. The van der Waals surface area contributed by atoms with Crippen molar-refractivity contribution < 1.29 is 27.6 Å². The number of anilines is 1. The van der Waals surface area contributed by atoms with Crippen molar-refractivity contribution in [3.63, 3.8) is 0 Å². The molecule has 0 bridgehead atoms. The lowest BCUT2D eigenvalue weighted by atomic mass is 10.1. The largest absolute Gasteiger partial charge is 0.416 e. The van der Waals surface area contributed by atoms with E-state index >= 15 is 0 Å². The van der Waals surface area contributed by atoms with Crippen LogP contribution in [-0.2, 0) is 17.5 Å². The number of nitrogens with zero attached hydrogens (tertiary/aromatic N) is 4. The lowest BCUT2D eigenvalue weighted by Gasteiger charge is -2.36. The summed E-state index contributed by atoms with van der Waals surface area (Å²) in [5.74, 6) is -0.714. The van der Waals surface area contributed by atoms with Crippen LogP contribution in [0.4, 0.5) is 23.7 Å². The first-order valence-corrected chi connectivity index (χ1v) is 13.5. The molecule has 2 saturated heterocycles. The maximum Gasteiger partial charge on any atom is 0.416 e. The summed E-state index contributed by atoms with van der Waals surface area (Å²) in [6, 6.07) is 20.6. The minimum Gasteiger partial charge on any atom is -0.367 e. The van der Waals surface area contributed by atoms with E-state index in [1.54, 1.807) is 35.2 Å². The van der Waals surface area contributed by atoms with Crippen LogP contribution in [-0.4, -0.2) is 53.0 Å². The lowest BCUT2D eigenvalue weighted by Crippen LogP contribution is -2.49. The second kappa shape index (κ2) is 11.5. The summed E-state index contributed by atoms with van der Waals surface area (Å²) in [7, 11) is 0. The van der Waals surface area contributed by atoms with Gasteiger partial charge in [-0.2, -0.15) is 18.4 Å². The Hall–Kier alpha value is -4.56. The van der Waals surface area contributed by atoms with Crippen molar-refractivity contribution in [1.29, 1.82) is 5.26 Å². The molecule has 0 radical (unpaired) electrons. The zero-order valence-electron chi connectivity index (χ0n) is 21.6. The summed E-state index contributed by atoms with van der Waals surface area (Å²) in [6.07, 6.45) is -2.94. The van der Waals surface area contributed by atoms with E-state index in [0.717, 1.165) is 34.5 Å². The molecule has 7 nitrogen and oxygen atoms in total. The SMILES string of the molecule is N#Cc1ccccc1N1CCN(C(=O)c2cccc(/C=C3\SC(=O)N(Cc4ccc(C(F)(F)F)cc4)C3=O)c2)CC1. The molecule has 0 aromatic heterocycles. The third-order valence-corrected chi connectivity index (χ3v) is 7.77. The van der Waals surface area contributed by atoms with E-state index in [1.165, 1.54) is 18.2 Å². The summed E-state index contributed by atoms with van der Waals surface area (Å²) in [5.41, 5.74) is 2.02. The van der Waals surface area contributed by atoms with E-state index in [1.807, 2.05) is 18.2 Å². The summed E-state index contributed by atoms with van der Waals surface area (Å²) in [5, 5.41) is 8.86. The van der Waals surface area contributed by atoms with Crippen LogP contribution < -0.4 is 4.90 Å². The van der Waals surface area contributed by atoms with E-state index in [0.29, 0.717) is 48.4 Å². The zero-order valence-corrected chi connectivity index (χ0v) is 22.4. The van der Waals surface area contributed by atoms with Gasteiger partial charge in [0, 0.05) is 31.7 Å². The molecule has 0 atom stereocenters. The van der Waals surface area contributed by atoms with Crippen LogP contribution in [0, 0.1) is 11.3 Å². The van der Waals surface area contributed by atoms with Gasteiger partial charge in [-0.3, -0.25) is 19.3 Å². The van der Waals surface area contributed by atoms with Gasteiger partial charge in [0.25, 0.3) is 17.1 Å². The molecule has 11 heteroatoms. The predicted molar refractivity (Wildman–Crippen MR) is 149 cm³/mol. The van der Waals surface area contributed by atoms with Gasteiger partial charge >= 0.3 is 6.18 Å². The molecule has 208 valence electrons. The Morgan fingerprint density at radius 3 is 2.34 bits per heavy atom. The number of rotatable bonds is 5. The quantitative estimate of drug-likeness (QED) is 0.359. The predicted octanol–water partition coefficient (Wildman–Crippen LogP) is 5.78. The fourth-order valence-corrected chi connectivity index (χ4v) is 5.55.